The Bertz CT molecular complexity index is 1470. The summed E-state index contributed by atoms with van der Waals surface area (Å²) in [5.41, 5.74) is 3.54. The third-order valence-electron chi connectivity index (χ3n) is 7.39. The summed E-state index contributed by atoms with van der Waals surface area (Å²) in [7, 11) is 1.73. The van der Waals surface area contributed by atoms with E-state index < -0.39 is 18.0 Å². The first-order valence-corrected chi connectivity index (χ1v) is 13.3. The number of β-amino-alcohol motifs (C(OH)–C–C–N with tert-alkyl or cyclic N) is 1. The first-order chi connectivity index (χ1) is 19.2. The topological polar surface area (TPSA) is 132 Å². The predicted octanol–water partition coefficient (Wildman–Crippen LogP) is 4.80. The molecule has 1 aromatic heterocycles. The Balaban J connectivity index is 0.000000557. The zero-order valence-electron chi connectivity index (χ0n) is 23.0. The number of methoxy groups -OCH3 is 1. The lowest BCUT2D eigenvalue weighted by atomic mass is 9.85. The van der Waals surface area contributed by atoms with Crippen LogP contribution in [0.25, 0.3) is 21.7 Å². The SMILES string of the molecule is COc1cccc2ccc([C@H]3CCN(C[C@H](O)COc4cccc5[nH]c(C)cc45)[C@H](C)C3)cc12.O=C(O)C(=O)O. The van der Waals surface area contributed by atoms with Crippen LogP contribution < -0.4 is 9.47 Å². The van der Waals surface area contributed by atoms with Crippen molar-refractivity contribution in [2.24, 2.45) is 0 Å². The Morgan fingerprint density at radius 1 is 1.02 bits per heavy atom. The predicted molar refractivity (Wildman–Crippen MR) is 153 cm³/mol. The standard InChI is InChI=1S/C29H34N2O3.C2H2O4/c1-19-14-26-27(30-19)7-5-9-29(26)34-18-24(32)17-31-13-12-23(15-20(31)2)22-11-10-21-6-4-8-28(33-3)25(21)16-22;3-1(4)2(5)6/h4-11,14,16,20,23-24,30,32H,12-13,15,17-18H2,1-3H3;(H,3,4)(H,5,6)/t20-,23+,24+;/m1./s1. The van der Waals surface area contributed by atoms with Gasteiger partial charge in [-0.05, 0) is 80.4 Å². The molecule has 5 rings (SSSR count). The molecule has 9 nitrogen and oxygen atoms in total. The second kappa shape index (κ2) is 12.8. The first kappa shape index (κ1) is 28.9. The summed E-state index contributed by atoms with van der Waals surface area (Å²) in [5, 5.41) is 29.0. The van der Waals surface area contributed by atoms with Gasteiger partial charge in [0.05, 0.1) is 7.11 Å². The quantitative estimate of drug-likeness (QED) is 0.242. The maximum absolute atomic E-state index is 10.7. The highest BCUT2D eigenvalue weighted by Gasteiger charge is 2.28. The van der Waals surface area contributed by atoms with Gasteiger partial charge in [0.2, 0.25) is 0 Å². The van der Waals surface area contributed by atoms with Gasteiger partial charge in [0, 0.05) is 34.6 Å². The average Bonchev–Trinajstić information content (AvgIpc) is 3.33. The normalized spacial score (nSPS) is 18.1. The molecule has 0 amide bonds. The van der Waals surface area contributed by atoms with Crippen LogP contribution in [0, 0.1) is 6.92 Å². The number of hydrogen-bond donors (Lipinski definition) is 4. The number of aryl methyl sites for hydroxylation is 1. The molecule has 0 saturated carbocycles. The lowest BCUT2D eigenvalue weighted by molar-refractivity contribution is -0.159. The summed E-state index contributed by atoms with van der Waals surface area (Å²) < 4.78 is 11.6. The number of likely N-dealkylation sites (tertiary alicyclic amines) is 1. The van der Waals surface area contributed by atoms with E-state index in [-0.39, 0.29) is 0 Å². The van der Waals surface area contributed by atoms with Crippen molar-refractivity contribution in [2.75, 3.05) is 26.8 Å². The second-order valence-corrected chi connectivity index (χ2v) is 10.3. The highest BCUT2D eigenvalue weighted by atomic mass is 16.5. The van der Waals surface area contributed by atoms with E-state index in [0.29, 0.717) is 25.1 Å². The zero-order valence-corrected chi connectivity index (χ0v) is 23.0. The number of carboxylic acids is 2. The van der Waals surface area contributed by atoms with Gasteiger partial charge in [-0.25, -0.2) is 9.59 Å². The Kier molecular flexibility index (Phi) is 9.29. The molecule has 212 valence electrons. The van der Waals surface area contributed by atoms with E-state index in [4.69, 9.17) is 29.3 Å². The van der Waals surface area contributed by atoms with Gasteiger partial charge in [0.15, 0.2) is 0 Å². The molecule has 0 radical (unpaired) electrons. The van der Waals surface area contributed by atoms with Crippen LogP contribution in [0.4, 0.5) is 0 Å². The number of rotatable bonds is 7. The summed E-state index contributed by atoms with van der Waals surface area (Å²) >= 11 is 0. The van der Waals surface area contributed by atoms with Crippen molar-refractivity contribution in [1.29, 1.82) is 0 Å². The third-order valence-corrected chi connectivity index (χ3v) is 7.39. The number of hydrogen-bond acceptors (Lipinski definition) is 6. The largest absolute Gasteiger partial charge is 0.496 e. The van der Waals surface area contributed by atoms with Gasteiger partial charge >= 0.3 is 11.9 Å². The molecule has 3 aromatic carbocycles. The van der Waals surface area contributed by atoms with Crippen molar-refractivity contribution in [3.63, 3.8) is 0 Å². The monoisotopic (exact) mass is 548 g/mol. The van der Waals surface area contributed by atoms with Crippen LogP contribution in [0.1, 0.15) is 36.9 Å². The number of aliphatic hydroxyl groups is 1. The summed E-state index contributed by atoms with van der Waals surface area (Å²) in [6.07, 6.45) is 1.63. The molecule has 9 heteroatoms. The molecule has 4 N–H and O–H groups in total. The molecule has 1 fully saturated rings. The number of carbonyl (C=O) groups is 2. The maximum atomic E-state index is 10.7. The van der Waals surface area contributed by atoms with Crippen molar-refractivity contribution in [2.45, 2.75) is 44.8 Å². The van der Waals surface area contributed by atoms with Gasteiger partial charge in [-0.15, -0.1) is 0 Å². The van der Waals surface area contributed by atoms with Crippen LogP contribution in [-0.4, -0.2) is 76.1 Å². The molecule has 1 aliphatic rings. The van der Waals surface area contributed by atoms with Gasteiger partial charge in [-0.3, -0.25) is 4.90 Å². The Morgan fingerprint density at radius 2 is 1.75 bits per heavy atom. The van der Waals surface area contributed by atoms with Crippen LogP contribution in [0.3, 0.4) is 0 Å². The Morgan fingerprint density at radius 3 is 2.45 bits per heavy atom. The highest BCUT2D eigenvalue weighted by molar-refractivity contribution is 6.27. The van der Waals surface area contributed by atoms with Gasteiger partial charge in [0.25, 0.3) is 0 Å². The number of piperidine rings is 1. The molecule has 0 aliphatic carbocycles. The summed E-state index contributed by atoms with van der Waals surface area (Å²) in [6.45, 7) is 6.20. The lowest BCUT2D eigenvalue weighted by Gasteiger charge is -2.39. The van der Waals surface area contributed by atoms with Crippen molar-refractivity contribution in [3.05, 3.63) is 71.9 Å². The summed E-state index contributed by atoms with van der Waals surface area (Å²) in [6, 6.07) is 21.5. The van der Waals surface area contributed by atoms with Crippen molar-refractivity contribution in [3.8, 4) is 11.5 Å². The smallest absolute Gasteiger partial charge is 0.414 e. The van der Waals surface area contributed by atoms with E-state index in [2.05, 4.69) is 47.1 Å². The minimum atomic E-state index is -1.82. The summed E-state index contributed by atoms with van der Waals surface area (Å²) in [5.74, 6) is -1.38. The average molecular weight is 549 g/mol. The van der Waals surface area contributed by atoms with E-state index in [1.807, 2.05) is 37.3 Å². The van der Waals surface area contributed by atoms with Crippen LogP contribution >= 0.6 is 0 Å². The number of aromatic amines is 1. The molecule has 40 heavy (non-hydrogen) atoms. The first-order valence-electron chi connectivity index (χ1n) is 13.3. The molecular weight excluding hydrogens is 512 g/mol. The number of aliphatic hydroxyl groups excluding tert-OH is 1. The minimum Gasteiger partial charge on any atom is -0.496 e. The molecule has 3 atom stereocenters. The molecule has 0 unspecified atom stereocenters. The number of aromatic nitrogens is 1. The fourth-order valence-electron chi connectivity index (χ4n) is 5.39. The number of aliphatic carboxylic acids is 2. The highest BCUT2D eigenvalue weighted by Crippen LogP contribution is 2.35. The molecule has 0 spiro atoms. The van der Waals surface area contributed by atoms with Gasteiger partial charge in [0.1, 0.15) is 24.2 Å². The number of H-pyrrole nitrogens is 1. The van der Waals surface area contributed by atoms with Crippen LogP contribution in [0.15, 0.2) is 60.7 Å². The van der Waals surface area contributed by atoms with E-state index in [0.717, 1.165) is 47.5 Å². The number of benzene rings is 3. The Hall–Kier alpha value is -4.08. The fourth-order valence-corrected chi connectivity index (χ4v) is 5.39. The molecule has 1 saturated heterocycles. The number of fused-ring (bicyclic) bond motifs is 2. The molecule has 0 bridgehead atoms. The van der Waals surface area contributed by atoms with Gasteiger partial charge in [-0.2, -0.15) is 0 Å². The van der Waals surface area contributed by atoms with Crippen molar-refractivity contribution in [1.82, 2.24) is 9.88 Å². The molecule has 4 aromatic rings. The van der Waals surface area contributed by atoms with Crippen LogP contribution in [-0.2, 0) is 9.59 Å². The lowest BCUT2D eigenvalue weighted by Crippen LogP contribution is -2.45. The Labute approximate surface area is 232 Å². The van der Waals surface area contributed by atoms with Crippen molar-refractivity contribution >= 4 is 33.6 Å². The number of carboxylic acid groups (broad SMARTS) is 2. The zero-order chi connectivity index (χ0) is 28.8. The van der Waals surface area contributed by atoms with Gasteiger partial charge in [-0.1, -0.05) is 30.3 Å². The van der Waals surface area contributed by atoms with E-state index in [1.165, 1.54) is 16.3 Å². The van der Waals surface area contributed by atoms with Crippen LogP contribution in [0.5, 0.6) is 11.5 Å². The van der Waals surface area contributed by atoms with E-state index in [1.54, 1.807) is 7.11 Å². The molecular formula is C31H36N2O7. The maximum Gasteiger partial charge on any atom is 0.414 e. The second-order valence-electron chi connectivity index (χ2n) is 10.3. The minimum absolute atomic E-state index is 0.292. The third kappa shape index (κ3) is 6.91. The molecule has 2 heterocycles. The number of nitrogens with zero attached hydrogens (tertiary/aromatic N) is 1. The van der Waals surface area contributed by atoms with E-state index >= 15 is 0 Å². The number of ether oxygens (including phenoxy) is 2. The van der Waals surface area contributed by atoms with Gasteiger partial charge < -0.3 is 29.8 Å². The van der Waals surface area contributed by atoms with Crippen molar-refractivity contribution < 1.29 is 34.4 Å². The fraction of sp³-hybridized carbons (Fsp3) is 0.355. The van der Waals surface area contributed by atoms with Crippen LogP contribution in [0.2, 0.25) is 0 Å². The summed E-state index contributed by atoms with van der Waals surface area (Å²) in [4.78, 5) is 23.9. The number of nitrogens with one attached hydrogen (secondary N) is 1. The molecule has 1 aliphatic heterocycles. The van der Waals surface area contributed by atoms with E-state index in [9.17, 15) is 5.11 Å².